The molecular formula is C16H20N2O. The first kappa shape index (κ1) is 12.3. The van der Waals surface area contributed by atoms with E-state index in [0.717, 1.165) is 35.6 Å². The van der Waals surface area contributed by atoms with E-state index in [0.29, 0.717) is 0 Å². The molecule has 0 radical (unpaired) electrons. The van der Waals surface area contributed by atoms with Gasteiger partial charge < -0.3 is 10.6 Å². The average molecular weight is 256 g/mol. The highest BCUT2D eigenvalue weighted by Gasteiger charge is 2.34. The fourth-order valence-corrected chi connectivity index (χ4v) is 3.10. The number of hydrogen-bond donors (Lipinski definition) is 2. The predicted octanol–water partition coefficient (Wildman–Crippen LogP) is 2.71. The van der Waals surface area contributed by atoms with Gasteiger partial charge in [-0.05, 0) is 49.3 Å². The first-order valence-electron chi connectivity index (χ1n) is 6.93. The molecular weight excluding hydrogens is 236 g/mol. The van der Waals surface area contributed by atoms with E-state index in [1.807, 2.05) is 30.3 Å². The van der Waals surface area contributed by atoms with Crippen LogP contribution in [0.25, 0.3) is 6.08 Å². The van der Waals surface area contributed by atoms with Gasteiger partial charge in [0.15, 0.2) is 5.75 Å². The van der Waals surface area contributed by atoms with Crippen LogP contribution in [0.15, 0.2) is 42.6 Å². The molecule has 0 spiro atoms. The van der Waals surface area contributed by atoms with E-state index in [2.05, 4.69) is 17.6 Å². The lowest BCUT2D eigenvalue weighted by molar-refractivity contribution is 0.239. The van der Waals surface area contributed by atoms with Crippen LogP contribution in [0.4, 0.5) is 0 Å². The van der Waals surface area contributed by atoms with Gasteiger partial charge >= 0.3 is 0 Å². The lowest BCUT2D eigenvalue weighted by atomic mass is 9.94. The molecule has 0 saturated heterocycles. The molecule has 0 amide bonds. The summed E-state index contributed by atoms with van der Waals surface area (Å²) < 4.78 is 0. The Morgan fingerprint density at radius 3 is 2.74 bits per heavy atom. The number of nitrogens with two attached hydrogens (primary N) is 1. The summed E-state index contributed by atoms with van der Waals surface area (Å²) in [5.74, 6) is 3.44. The Labute approximate surface area is 114 Å². The fraction of sp³-hybridized carbons (Fsp3) is 0.375. The van der Waals surface area contributed by atoms with E-state index in [1.165, 1.54) is 12.8 Å². The molecule has 4 rings (SSSR count). The maximum Gasteiger partial charge on any atom is 0.162 e. The molecule has 3 N–H and O–H groups in total. The summed E-state index contributed by atoms with van der Waals surface area (Å²) >= 11 is 0. The standard InChI is InChI=1S/C8H7NO.C8H13N/c1-2-4-8-7(3-1)5-6-9-10-8;9-5-8-4-6-1-2-7(8)3-6/h1-6,9H;1-2,6-8H,3-5,9H2. The van der Waals surface area contributed by atoms with Crippen molar-refractivity contribution in [3.63, 3.8) is 0 Å². The van der Waals surface area contributed by atoms with Crippen molar-refractivity contribution in [1.29, 1.82) is 0 Å². The lowest BCUT2D eigenvalue weighted by Gasteiger charge is -2.14. The molecule has 2 bridgehead atoms. The van der Waals surface area contributed by atoms with Gasteiger partial charge in [-0.2, -0.15) is 0 Å². The van der Waals surface area contributed by atoms with Crippen LogP contribution in [-0.4, -0.2) is 6.54 Å². The summed E-state index contributed by atoms with van der Waals surface area (Å²) in [5, 5.41) is 0. The number of hydroxylamine groups is 1. The molecule has 3 nitrogen and oxygen atoms in total. The molecule has 1 aliphatic heterocycles. The molecule has 1 fully saturated rings. The highest BCUT2D eigenvalue weighted by atomic mass is 16.6. The second-order valence-corrected chi connectivity index (χ2v) is 5.37. The summed E-state index contributed by atoms with van der Waals surface area (Å²) in [4.78, 5) is 5.09. The van der Waals surface area contributed by atoms with Gasteiger partial charge in [-0.3, -0.25) is 0 Å². The first-order chi connectivity index (χ1) is 9.36. The third-order valence-electron chi connectivity index (χ3n) is 4.14. The smallest absolute Gasteiger partial charge is 0.162 e. The molecule has 3 aliphatic rings. The predicted molar refractivity (Wildman–Crippen MR) is 77.1 cm³/mol. The topological polar surface area (TPSA) is 47.3 Å². The fourth-order valence-electron chi connectivity index (χ4n) is 3.10. The summed E-state index contributed by atoms with van der Waals surface area (Å²) in [6.07, 6.45) is 11.2. The van der Waals surface area contributed by atoms with Crippen molar-refractivity contribution in [3.8, 4) is 5.75 Å². The molecule has 3 unspecified atom stereocenters. The Morgan fingerprint density at radius 2 is 2.11 bits per heavy atom. The van der Waals surface area contributed by atoms with E-state index in [9.17, 15) is 0 Å². The molecule has 1 aromatic rings. The number of allylic oxidation sites excluding steroid dienone is 2. The Hall–Kier alpha value is -1.74. The SMILES string of the molecule is C1=Cc2ccccc2ON1.NCC1CC2C=CC1C2. The van der Waals surface area contributed by atoms with Gasteiger partial charge in [0.1, 0.15) is 0 Å². The summed E-state index contributed by atoms with van der Waals surface area (Å²) in [5.41, 5.74) is 9.36. The molecule has 1 heterocycles. The van der Waals surface area contributed by atoms with Crippen LogP contribution in [0.1, 0.15) is 18.4 Å². The molecule has 19 heavy (non-hydrogen) atoms. The second kappa shape index (κ2) is 5.49. The maximum atomic E-state index is 5.59. The number of fused-ring (bicyclic) bond motifs is 3. The largest absolute Gasteiger partial charge is 0.382 e. The molecule has 0 aromatic heterocycles. The number of para-hydroxylation sites is 1. The molecule has 1 saturated carbocycles. The Balaban J connectivity index is 0.000000117. The molecule has 1 aromatic carbocycles. The van der Waals surface area contributed by atoms with Gasteiger partial charge in [0.25, 0.3) is 0 Å². The van der Waals surface area contributed by atoms with Crippen molar-refractivity contribution in [1.82, 2.24) is 5.48 Å². The van der Waals surface area contributed by atoms with Crippen LogP contribution in [-0.2, 0) is 0 Å². The molecule has 2 aliphatic carbocycles. The number of nitrogens with one attached hydrogen (secondary N) is 1. The van der Waals surface area contributed by atoms with Gasteiger partial charge in [-0.15, -0.1) is 0 Å². The van der Waals surface area contributed by atoms with Crippen molar-refractivity contribution in [2.45, 2.75) is 12.8 Å². The molecule has 100 valence electrons. The monoisotopic (exact) mass is 256 g/mol. The summed E-state index contributed by atoms with van der Waals surface area (Å²) in [7, 11) is 0. The Bertz CT molecular complexity index is 495. The zero-order valence-corrected chi connectivity index (χ0v) is 11.0. The maximum absolute atomic E-state index is 5.59. The van der Waals surface area contributed by atoms with Crippen LogP contribution in [0.5, 0.6) is 5.75 Å². The minimum Gasteiger partial charge on any atom is -0.382 e. The van der Waals surface area contributed by atoms with Crippen molar-refractivity contribution in [3.05, 3.63) is 48.2 Å². The Morgan fingerprint density at radius 1 is 1.21 bits per heavy atom. The third-order valence-corrected chi connectivity index (χ3v) is 4.14. The molecule has 3 atom stereocenters. The Kier molecular flexibility index (Phi) is 3.56. The highest BCUT2D eigenvalue weighted by molar-refractivity contribution is 5.57. The van der Waals surface area contributed by atoms with E-state index < -0.39 is 0 Å². The van der Waals surface area contributed by atoms with Crippen LogP contribution in [0, 0.1) is 17.8 Å². The summed E-state index contributed by atoms with van der Waals surface area (Å²) in [6.45, 7) is 0.894. The van der Waals surface area contributed by atoms with Gasteiger partial charge in [-0.25, -0.2) is 5.48 Å². The minimum absolute atomic E-state index is 0.819. The van der Waals surface area contributed by atoms with E-state index >= 15 is 0 Å². The van der Waals surface area contributed by atoms with Gasteiger partial charge in [0.2, 0.25) is 0 Å². The number of benzene rings is 1. The first-order valence-corrected chi connectivity index (χ1v) is 6.93. The number of rotatable bonds is 1. The van der Waals surface area contributed by atoms with E-state index in [4.69, 9.17) is 10.6 Å². The van der Waals surface area contributed by atoms with Crippen LogP contribution >= 0.6 is 0 Å². The van der Waals surface area contributed by atoms with Crippen LogP contribution in [0.3, 0.4) is 0 Å². The van der Waals surface area contributed by atoms with Gasteiger partial charge in [0.05, 0.1) is 0 Å². The van der Waals surface area contributed by atoms with Crippen molar-refractivity contribution in [2.75, 3.05) is 6.54 Å². The third kappa shape index (κ3) is 2.66. The van der Waals surface area contributed by atoms with Gasteiger partial charge in [-0.1, -0.05) is 30.4 Å². The highest BCUT2D eigenvalue weighted by Crippen LogP contribution is 2.42. The van der Waals surface area contributed by atoms with Crippen molar-refractivity contribution >= 4 is 6.08 Å². The van der Waals surface area contributed by atoms with Crippen molar-refractivity contribution < 1.29 is 4.84 Å². The average Bonchev–Trinajstić information content (AvgIpc) is 3.10. The summed E-state index contributed by atoms with van der Waals surface area (Å²) in [6, 6.07) is 7.86. The molecule has 3 heteroatoms. The van der Waals surface area contributed by atoms with Crippen LogP contribution in [0.2, 0.25) is 0 Å². The van der Waals surface area contributed by atoms with Gasteiger partial charge in [0, 0.05) is 11.8 Å². The lowest BCUT2D eigenvalue weighted by Crippen LogP contribution is -2.17. The van der Waals surface area contributed by atoms with Crippen molar-refractivity contribution in [2.24, 2.45) is 23.5 Å². The minimum atomic E-state index is 0.819. The second-order valence-electron chi connectivity index (χ2n) is 5.37. The zero-order chi connectivity index (χ0) is 13.1. The normalized spacial score (nSPS) is 29.0. The zero-order valence-electron chi connectivity index (χ0n) is 11.0. The van der Waals surface area contributed by atoms with Crippen LogP contribution < -0.4 is 16.1 Å². The van der Waals surface area contributed by atoms with E-state index in [-0.39, 0.29) is 0 Å². The number of hydrogen-bond acceptors (Lipinski definition) is 3. The quantitative estimate of drug-likeness (QED) is 0.759. The van der Waals surface area contributed by atoms with E-state index in [1.54, 1.807) is 6.20 Å².